The molecule has 1 aromatic heterocycles. The van der Waals surface area contributed by atoms with Crippen LogP contribution in [0.15, 0.2) is 46.8 Å². The number of halogens is 3. The van der Waals surface area contributed by atoms with Gasteiger partial charge >= 0.3 is 0 Å². The summed E-state index contributed by atoms with van der Waals surface area (Å²) in [6.45, 7) is 0. The van der Waals surface area contributed by atoms with Crippen LogP contribution in [0, 0.1) is 17.5 Å². The number of hydrogen-bond donors (Lipinski definition) is 1. The van der Waals surface area contributed by atoms with Crippen LogP contribution in [0.25, 0.3) is 0 Å². The summed E-state index contributed by atoms with van der Waals surface area (Å²) in [5, 5.41) is 10.3. The molecule has 0 spiro atoms. The maximum absolute atomic E-state index is 13.6. The summed E-state index contributed by atoms with van der Waals surface area (Å²) in [5.41, 5.74) is 0.103. The molecule has 3 aromatic rings. The van der Waals surface area contributed by atoms with Gasteiger partial charge in [0.1, 0.15) is 17.5 Å². The van der Waals surface area contributed by atoms with Crippen molar-refractivity contribution in [3.63, 3.8) is 0 Å². The highest BCUT2D eigenvalue weighted by atomic mass is 32.2. The number of benzene rings is 2. The minimum atomic E-state index is -0.638. The van der Waals surface area contributed by atoms with E-state index in [1.54, 1.807) is 6.07 Å². The third-order valence-corrected chi connectivity index (χ3v) is 5.13. The molecule has 0 aliphatic carbocycles. The van der Waals surface area contributed by atoms with E-state index in [4.69, 9.17) is 0 Å². The molecule has 1 heterocycles. The average molecular weight is 381 g/mol. The molecule has 0 aliphatic heterocycles. The van der Waals surface area contributed by atoms with Crippen molar-refractivity contribution >= 4 is 34.1 Å². The van der Waals surface area contributed by atoms with Crippen LogP contribution in [-0.2, 0) is 5.75 Å². The van der Waals surface area contributed by atoms with Gasteiger partial charge in [-0.2, -0.15) is 0 Å². The Kier molecular flexibility index (Phi) is 5.34. The minimum absolute atomic E-state index is 0.103. The first-order valence-electron chi connectivity index (χ1n) is 6.99. The minimum Gasteiger partial charge on any atom is -0.296 e. The Labute approximate surface area is 149 Å². The number of rotatable bonds is 5. The standard InChI is InChI=1S/C16H10F3N3OS2/c17-10-5-6-12(18)9(7-10)8-24-16-22-21-15(25-16)20-14(23)11-3-1-2-4-13(11)19/h1-7H,8H2,(H,20,21,23). The Morgan fingerprint density at radius 3 is 2.68 bits per heavy atom. The maximum Gasteiger partial charge on any atom is 0.260 e. The monoisotopic (exact) mass is 381 g/mol. The van der Waals surface area contributed by atoms with E-state index in [2.05, 4.69) is 15.5 Å². The van der Waals surface area contributed by atoms with Crippen LogP contribution in [0.5, 0.6) is 0 Å². The first-order chi connectivity index (χ1) is 12.0. The number of hydrogen-bond acceptors (Lipinski definition) is 5. The summed E-state index contributed by atoms with van der Waals surface area (Å²) in [4.78, 5) is 12.0. The van der Waals surface area contributed by atoms with Crippen LogP contribution in [0.3, 0.4) is 0 Å². The van der Waals surface area contributed by atoms with Gasteiger partial charge < -0.3 is 0 Å². The van der Waals surface area contributed by atoms with Gasteiger partial charge in [0.2, 0.25) is 5.13 Å². The van der Waals surface area contributed by atoms with Crippen LogP contribution < -0.4 is 5.32 Å². The Hall–Kier alpha value is -2.39. The molecule has 3 rings (SSSR count). The van der Waals surface area contributed by atoms with Gasteiger partial charge in [0.05, 0.1) is 5.56 Å². The Morgan fingerprint density at radius 1 is 1.08 bits per heavy atom. The molecule has 0 fully saturated rings. The molecule has 0 bridgehead atoms. The highest BCUT2D eigenvalue weighted by Crippen LogP contribution is 2.29. The van der Waals surface area contributed by atoms with Crippen molar-refractivity contribution in [2.24, 2.45) is 0 Å². The van der Waals surface area contributed by atoms with Crippen LogP contribution in [0.4, 0.5) is 18.3 Å². The van der Waals surface area contributed by atoms with E-state index in [0.717, 1.165) is 41.3 Å². The van der Waals surface area contributed by atoms with Crippen LogP contribution >= 0.6 is 23.1 Å². The lowest BCUT2D eigenvalue weighted by atomic mass is 10.2. The average Bonchev–Trinajstić information content (AvgIpc) is 3.03. The first-order valence-corrected chi connectivity index (χ1v) is 8.79. The molecule has 0 saturated carbocycles. The van der Waals surface area contributed by atoms with Crippen LogP contribution in [0.2, 0.25) is 0 Å². The predicted molar refractivity (Wildman–Crippen MR) is 90.2 cm³/mol. The number of anilines is 1. The van der Waals surface area contributed by atoms with Gasteiger partial charge in [0, 0.05) is 11.3 Å². The summed E-state index contributed by atoms with van der Waals surface area (Å²) in [6, 6.07) is 8.79. The van der Waals surface area contributed by atoms with E-state index in [1.165, 1.54) is 18.2 Å². The molecule has 1 amide bonds. The predicted octanol–water partition coefficient (Wildman–Crippen LogP) is 4.50. The number of amides is 1. The Morgan fingerprint density at radius 2 is 1.88 bits per heavy atom. The van der Waals surface area contributed by atoms with Gasteiger partial charge in [0.15, 0.2) is 4.34 Å². The quantitative estimate of drug-likeness (QED) is 0.522. The maximum atomic E-state index is 13.6. The van der Waals surface area contributed by atoms with Crippen molar-refractivity contribution in [3.8, 4) is 0 Å². The van der Waals surface area contributed by atoms with Crippen molar-refractivity contribution in [2.45, 2.75) is 10.1 Å². The molecule has 9 heteroatoms. The van der Waals surface area contributed by atoms with E-state index < -0.39 is 23.4 Å². The lowest BCUT2D eigenvalue weighted by Gasteiger charge is -2.02. The second kappa shape index (κ2) is 7.66. The number of aromatic nitrogens is 2. The lowest BCUT2D eigenvalue weighted by molar-refractivity contribution is 0.102. The third-order valence-electron chi connectivity index (χ3n) is 3.10. The van der Waals surface area contributed by atoms with Crippen LogP contribution in [0.1, 0.15) is 15.9 Å². The third kappa shape index (κ3) is 4.37. The zero-order valence-electron chi connectivity index (χ0n) is 12.5. The molecule has 128 valence electrons. The Balaban J connectivity index is 1.64. The highest BCUT2D eigenvalue weighted by molar-refractivity contribution is 8.00. The van der Waals surface area contributed by atoms with E-state index in [-0.39, 0.29) is 22.0 Å². The van der Waals surface area contributed by atoms with E-state index in [0.29, 0.717) is 4.34 Å². The second-order valence-electron chi connectivity index (χ2n) is 4.83. The molecule has 1 N–H and O–H groups in total. The summed E-state index contributed by atoms with van der Waals surface area (Å²) >= 11 is 2.22. The fourth-order valence-electron chi connectivity index (χ4n) is 1.92. The topological polar surface area (TPSA) is 54.9 Å². The first kappa shape index (κ1) is 17.4. The van der Waals surface area contributed by atoms with E-state index >= 15 is 0 Å². The highest BCUT2D eigenvalue weighted by Gasteiger charge is 2.14. The number of carbonyl (C=O) groups excluding carboxylic acids is 1. The molecule has 0 atom stereocenters. The van der Waals surface area contributed by atoms with Gasteiger partial charge in [-0.3, -0.25) is 10.1 Å². The lowest BCUT2D eigenvalue weighted by Crippen LogP contribution is -2.13. The molecule has 2 aromatic carbocycles. The van der Waals surface area contributed by atoms with Gasteiger partial charge in [0.25, 0.3) is 5.91 Å². The molecule has 4 nitrogen and oxygen atoms in total. The number of thioether (sulfide) groups is 1. The van der Waals surface area contributed by atoms with E-state index in [9.17, 15) is 18.0 Å². The van der Waals surface area contributed by atoms with Gasteiger partial charge in [-0.25, -0.2) is 13.2 Å². The van der Waals surface area contributed by atoms with Gasteiger partial charge in [-0.1, -0.05) is 35.2 Å². The molecular weight excluding hydrogens is 371 g/mol. The van der Waals surface area contributed by atoms with Gasteiger partial charge in [-0.05, 0) is 30.3 Å². The van der Waals surface area contributed by atoms with Crippen molar-refractivity contribution in [1.29, 1.82) is 0 Å². The molecule has 0 unspecified atom stereocenters. The van der Waals surface area contributed by atoms with Crippen molar-refractivity contribution in [2.75, 3.05) is 5.32 Å². The fraction of sp³-hybridized carbons (Fsp3) is 0.0625. The molecular formula is C16H10F3N3OS2. The molecule has 25 heavy (non-hydrogen) atoms. The van der Waals surface area contributed by atoms with Crippen molar-refractivity contribution in [1.82, 2.24) is 10.2 Å². The van der Waals surface area contributed by atoms with Crippen molar-refractivity contribution < 1.29 is 18.0 Å². The second-order valence-corrected chi connectivity index (χ2v) is 7.03. The zero-order chi connectivity index (χ0) is 17.8. The van der Waals surface area contributed by atoms with Gasteiger partial charge in [-0.15, -0.1) is 10.2 Å². The molecule has 0 radical (unpaired) electrons. The number of carbonyl (C=O) groups is 1. The SMILES string of the molecule is O=C(Nc1nnc(SCc2cc(F)ccc2F)s1)c1ccccc1F. The largest absolute Gasteiger partial charge is 0.296 e. The number of nitrogens with one attached hydrogen (secondary N) is 1. The van der Waals surface area contributed by atoms with Crippen LogP contribution in [-0.4, -0.2) is 16.1 Å². The normalized spacial score (nSPS) is 10.7. The summed E-state index contributed by atoms with van der Waals surface area (Å²) < 4.78 is 40.7. The fourth-order valence-corrected chi connectivity index (χ4v) is 3.64. The summed E-state index contributed by atoms with van der Waals surface area (Å²) in [7, 11) is 0. The van der Waals surface area contributed by atoms with Crippen molar-refractivity contribution in [3.05, 3.63) is 71.0 Å². The molecule has 0 saturated heterocycles. The summed E-state index contributed by atoms with van der Waals surface area (Å²) in [5.74, 6) is -2.14. The Bertz CT molecular complexity index is 917. The smallest absolute Gasteiger partial charge is 0.260 e. The number of nitrogens with zero attached hydrogens (tertiary/aromatic N) is 2. The molecule has 0 aliphatic rings. The van der Waals surface area contributed by atoms with E-state index in [1.807, 2.05) is 0 Å². The zero-order valence-corrected chi connectivity index (χ0v) is 14.1. The summed E-state index contributed by atoms with van der Waals surface area (Å²) in [6.07, 6.45) is 0.